The zero-order valence-corrected chi connectivity index (χ0v) is 17.8. The Kier molecular flexibility index (Phi) is 4.48. The van der Waals surface area contributed by atoms with E-state index in [1.807, 2.05) is 18.2 Å². The van der Waals surface area contributed by atoms with Gasteiger partial charge >= 0.3 is 5.91 Å². The van der Waals surface area contributed by atoms with E-state index in [0.29, 0.717) is 35.2 Å². The summed E-state index contributed by atoms with van der Waals surface area (Å²) in [6, 6.07) is 16.9. The number of benzene rings is 3. The van der Waals surface area contributed by atoms with Crippen molar-refractivity contribution in [2.24, 2.45) is 0 Å². The van der Waals surface area contributed by atoms with Crippen molar-refractivity contribution in [1.29, 1.82) is 0 Å². The molecule has 168 valence electrons. The van der Waals surface area contributed by atoms with E-state index >= 15 is 0 Å². The summed E-state index contributed by atoms with van der Waals surface area (Å²) in [6.07, 6.45) is 0.686. The van der Waals surface area contributed by atoms with Crippen LogP contribution in [-0.2, 0) is 16.0 Å². The smallest absolute Gasteiger partial charge is 0.302 e. The van der Waals surface area contributed by atoms with Gasteiger partial charge in [-0.25, -0.2) is 9.37 Å². The zero-order chi connectivity index (χ0) is 23.4. The Morgan fingerprint density at radius 3 is 2.68 bits per heavy atom. The summed E-state index contributed by atoms with van der Waals surface area (Å²) in [5.74, 6) is -1.54. The monoisotopic (exact) mass is 455 g/mol. The maximum absolute atomic E-state index is 13.7. The summed E-state index contributed by atoms with van der Waals surface area (Å²) in [5.41, 5.74) is 3.00. The fraction of sp³-hybridized carbons (Fsp3) is 0.115. The van der Waals surface area contributed by atoms with Gasteiger partial charge in [0.05, 0.1) is 29.3 Å². The molecule has 34 heavy (non-hydrogen) atoms. The van der Waals surface area contributed by atoms with Crippen molar-refractivity contribution in [2.45, 2.75) is 12.5 Å². The maximum Gasteiger partial charge on any atom is 0.302 e. The van der Waals surface area contributed by atoms with Crippen molar-refractivity contribution in [3.05, 3.63) is 94.8 Å². The molecule has 0 aliphatic carbocycles. The molecular weight excluding hydrogens is 437 g/mol. The number of ketones is 1. The SMILES string of the molecule is O=C1C(=O)N(c2nc3ccccc3[nH]2)C(c2ccc(F)cc2)/C1=C(\O)c1ccc2c(c1)CCO2. The van der Waals surface area contributed by atoms with E-state index in [4.69, 9.17) is 4.74 Å². The third-order valence-corrected chi connectivity index (χ3v) is 6.20. The van der Waals surface area contributed by atoms with Gasteiger partial charge < -0.3 is 14.8 Å². The Morgan fingerprint density at radius 1 is 1.09 bits per heavy atom. The van der Waals surface area contributed by atoms with Crippen molar-refractivity contribution in [2.75, 3.05) is 11.5 Å². The molecular formula is C26H18FN3O4. The highest BCUT2D eigenvalue weighted by Crippen LogP contribution is 2.42. The molecule has 3 aromatic carbocycles. The summed E-state index contributed by atoms with van der Waals surface area (Å²) < 4.78 is 19.2. The second-order valence-corrected chi connectivity index (χ2v) is 8.22. The largest absolute Gasteiger partial charge is 0.507 e. The van der Waals surface area contributed by atoms with Crippen molar-refractivity contribution in [1.82, 2.24) is 9.97 Å². The number of carbonyl (C=O) groups is 2. The molecule has 4 aromatic rings. The van der Waals surface area contributed by atoms with E-state index in [-0.39, 0.29) is 17.3 Å². The number of hydrogen-bond donors (Lipinski definition) is 2. The molecule has 0 radical (unpaired) electrons. The number of Topliss-reactive ketones (excluding diaryl/α,β-unsaturated/α-hetero) is 1. The predicted molar refractivity (Wildman–Crippen MR) is 123 cm³/mol. The number of aromatic nitrogens is 2. The molecule has 1 saturated heterocycles. The lowest BCUT2D eigenvalue weighted by Gasteiger charge is -2.23. The Bertz CT molecular complexity index is 1470. The Balaban J connectivity index is 1.55. The maximum atomic E-state index is 13.7. The average molecular weight is 455 g/mol. The molecule has 6 rings (SSSR count). The number of nitrogens with zero attached hydrogens (tertiary/aromatic N) is 2. The van der Waals surface area contributed by atoms with E-state index in [2.05, 4.69) is 9.97 Å². The van der Waals surface area contributed by atoms with Crippen molar-refractivity contribution < 1.29 is 23.8 Å². The Labute approximate surface area is 193 Å². The molecule has 2 N–H and O–H groups in total. The Hall–Kier alpha value is -4.46. The van der Waals surface area contributed by atoms with Gasteiger partial charge in [0.25, 0.3) is 5.78 Å². The number of aliphatic hydroxyl groups is 1. The molecule has 2 aliphatic heterocycles. The molecule has 7 nitrogen and oxygen atoms in total. The quantitative estimate of drug-likeness (QED) is 0.273. The predicted octanol–water partition coefficient (Wildman–Crippen LogP) is 4.26. The minimum Gasteiger partial charge on any atom is -0.507 e. The van der Waals surface area contributed by atoms with E-state index in [1.165, 1.54) is 29.2 Å². The minimum absolute atomic E-state index is 0.0871. The van der Waals surface area contributed by atoms with Gasteiger partial charge in [-0.3, -0.25) is 14.5 Å². The Morgan fingerprint density at radius 2 is 1.88 bits per heavy atom. The minimum atomic E-state index is -0.995. The van der Waals surface area contributed by atoms with Gasteiger partial charge in [-0.2, -0.15) is 0 Å². The van der Waals surface area contributed by atoms with Crippen LogP contribution in [0.3, 0.4) is 0 Å². The number of carbonyl (C=O) groups excluding carboxylic acids is 2. The van der Waals surface area contributed by atoms with Crippen molar-refractivity contribution >= 4 is 34.4 Å². The highest BCUT2D eigenvalue weighted by Gasteiger charge is 2.48. The van der Waals surface area contributed by atoms with Gasteiger partial charge in [-0.1, -0.05) is 24.3 Å². The van der Waals surface area contributed by atoms with Gasteiger partial charge in [0.1, 0.15) is 17.3 Å². The third-order valence-electron chi connectivity index (χ3n) is 6.20. The van der Waals surface area contributed by atoms with Crippen LogP contribution in [0.2, 0.25) is 0 Å². The van der Waals surface area contributed by atoms with Crippen LogP contribution in [-0.4, -0.2) is 33.4 Å². The number of hydrogen-bond acceptors (Lipinski definition) is 5. The van der Waals surface area contributed by atoms with E-state index in [9.17, 15) is 19.1 Å². The summed E-state index contributed by atoms with van der Waals surface area (Å²) in [7, 11) is 0. The van der Waals surface area contributed by atoms with Crippen LogP contribution in [0.4, 0.5) is 10.3 Å². The molecule has 8 heteroatoms. The van der Waals surface area contributed by atoms with Gasteiger partial charge in [0, 0.05) is 12.0 Å². The van der Waals surface area contributed by atoms with Crippen LogP contribution in [0, 0.1) is 5.82 Å². The van der Waals surface area contributed by atoms with E-state index < -0.39 is 23.5 Å². The summed E-state index contributed by atoms with van der Waals surface area (Å²) in [6.45, 7) is 0.547. The van der Waals surface area contributed by atoms with E-state index in [0.717, 1.165) is 11.3 Å². The molecule has 1 fully saturated rings. The first kappa shape index (κ1) is 20.2. The van der Waals surface area contributed by atoms with Gasteiger partial charge in [-0.05, 0) is 53.6 Å². The molecule has 1 unspecified atom stereocenters. The molecule has 2 aliphatic rings. The number of para-hydroxylation sites is 2. The van der Waals surface area contributed by atoms with Crippen LogP contribution in [0.1, 0.15) is 22.7 Å². The number of aliphatic hydroxyl groups excluding tert-OH is 1. The standard InChI is InChI=1S/C26H18FN3O4/c27-17-8-5-14(6-9-17)22-21(23(31)16-7-10-20-15(13-16)11-12-34-20)24(32)25(33)30(22)26-28-18-3-1-2-4-19(18)29-26/h1-10,13,22,31H,11-12H2,(H,28,29)/b23-21+. The molecule has 0 saturated carbocycles. The molecule has 0 spiro atoms. The lowest BCUT2D eigenvalue weighted by atomic mass is 9.94. The summed E-state index contributed by atoms with van der Waals surface area (Å²) >= 11 is 0. The first-order chi connectivity index (χ1) is 16.5. The summed E-state index contributed by atoms with van der Waals surface area (Å²) in [4.78, 5) is 35.3. The van der Waals surface area contributed by atoms with Gasteiger partial charge in [-0.15, -0.1) is 0 Å². The number of halogens is 1. The van der Waals surface area contributed by atoms with Crippen molar-refractivity contribution in [3.8, 4) is 5.75 Å². The number of fused-ring (bicyclic) bond motifs is 2. The number of anilines is 1. The second kappa shape index (κ2) is 7.55. The topological polar surface area (TPSA) is 95.5 Å². The molecule has 3 heterocycles. The molecule has 1 atom stereocenters. The number of aromatic amines is 1. The first-order valence-electron chi connectivity index (χ1n) is 10.8. The third kappa shape index (κ3) is 3.07. The van der Waals surface area contributed by atoms with Crippen LogP contribution < -0.4 is 9.64 Å². The highest BCUT2D eigenvalue weighted by atomic mass is 19.1. The number of ether oxygens (including phenoxy) is 1. The number of imidazole rings is 1. The van der Waals surface area contributed by atoms with E-state index in [1.54, 1.807) is 24.3 Å². The average Bonchev–Trinajstić information content (AvgIpc) is 3.55. The lowest BCUT2D eigenvalue weighted by Crippen LogP contribution is -2.30. The number of H-pyrrole nitrogens is 1. The molecule has 1 aromatic heterocycles. The number of amides is 1. The zero-order valence-electron chi connectivity index (χ0n) is 17.8. The number of rotatable bonds is 3. The summed E-state index contributed by atoms with van der Waals surface area (Å²) in [5, 5.41) is 11.3. The first-order valence-corrected chi connectivity index (χ1v) is 10.8. The van der Waals surface area contributed by atoms with Crippen LogP contribution in [0.15, 0.2) is 72.3 Å². The molecule has 1 amide bonds. The number of nitrogens with one attached hydrogen (secondary N) is 1. The van der Waals surface area contributed by atoms with Gasteiger partial charge in [0.2, 0.25) is 5.95 Å². The fourth-order valence-corrected chi connectivity index (χ4v) is 4.55. The normalized spacial score (nSPS) is 19.0. The van der Waals surface area contributed by atoms with Crippen LogP contribution in [0.5, 0.6) is 5.75 Å². The second-order valence-electron chi connectivity index (χ2n) is 8.22. The lowest BCUT2D eigenvalue weighted by molar-refractivity contribution is -0.132. The van der Waals surface area contributed by atoms with Gasteiger partial charge in [0.15, 0.2) is 0 Å². The molecule has 0 bridgehead atoms. The fourth-order valence-electron chi connectivity index (χ4n) is 4.55. The van der Waals surface area contributed by atoms with Crippen LogP contribution in [0.25, 0.3) is 16.8 Å². The van der Waals surface area contributed by atoms with Crippen molar-refractivity contribution in [3.63, 3.8) is 0 Å². The highest BCUT2D eigenvalue weighted by molar-refractivity contribution is 6.51. The van der Waals surface area contributed by atoms with Crippen LogP contribution >= 0.6 is 0 Å².